The second-order valence-electron chi connectivity index (χ2n) is 3.13. The zero-order chi connectivity index (χ0) is 10.1. The quantitative estimate of drug-likeness (QED) is 0.522. The third-order valence-electron chi connectivity index (χ3n) is 1.97. The second-order valence-corrected chi connectivity index (χ2v) is 4.69. The Morgan fingerprint density at radius 2 is 2.15 bits per heavy atom. The molecule has 0 bridgehead atoms. The summed E-state index contributed by atoms with van der Waals surface area (Å²) >= 11 is 0. The van der Waals surface area contributed by atoms with Gasteiger partial charge in [-0.15, -0.1) is 0 Å². The van der Waals surface area contributed by atoms with Crippen molar-refractivity contribution in [1.82, 2.24) is 0 Å². The maximum atomic E-state index is 10.9. The third kappa shape index (κ3) is 2.38. The van der Waals surface area contributed by atoms with Gasteiger partial charge in [0, 0.05) is 6.54 Å². The molecule has 0 spiro atoms. The lowest BCUT2D eigenvalue weighted by atomic mass is 9.93. The Bertz CT molecular complexity index is 358. The highest BCUT2D eigenvalue weighted by atomic mass is 32.2. The fourth-order valence-electron chi connectivity index (χ4n) is 1.04. The lowest BCUT2D eigenvalue weighted by Crippen LogP contribution is -2.45. The van der Waals surface area contributed by atoms with Crippen LogP contribution in [0.15, 0.2) is 23.1 Å². The van der Waals surface area contributed by atoms with Gasteiger partial charge in [-0.05, 0) is 12.5 Å². The summed E-state index contributed by atoms with van der Waals surface area (Å²) in [5.41, 5.74) is 10.5. The fraction of sp³-hybridized carbons (Fsp3) is 0.429. The standard InChI is InChI=1S/C7H13N3O2S/c8-5-7(9)3-1-6(2-4-7)13(10,11)12/h1-3H,4-5,8-9H2,(H2,10,11,12). The molecule has 74 valence electrons. The summed E-state index contributed by atoms with van der Waals surface area (Å²) in [5.74, 6) is 0. The van der Waals surface area contributed by atoms with E-state index in [0.717, 1.165) is 0 Å². The smallest absolute Gasteiger partial charge is 0.237 e. The van der Waals surface area contributed by atoms with Crippen molar-refractivity contribution in [3.05, 3.63) is 23.1 Å². The molecule has 6 heteroatoms. The highest BCUT2D eigenvalue weighted by Gasteiger charge is 2.23. The van der Waals surface area contributed by atoms with Gasteiger partial charge < -0.3 is 11.5 Å². The summed E-state index contributed by atoms with van der Waals surface area (Å²) in [6.07, 6.45) is 4.85. The average molecular weight is 203 g/mol. The van der Waals surface area contributed by atoms with Gasteiger partial charge in [0.05, 0.1) is 10.4 Å². The Kier molecular flexibility index (Phi) is 2.58. The van der Waals surface area contributed by atoms with Gasteiger partial charge in [0.1, 0.15) is 0 Å². The van der Waals surface area contributed by atoms with Gasteiger partial charge in [-0.2, -0.15) is 0 Å². The molecule has 0 fully saturated rings. The number of allylic oxidation sites excluding steroid dienone is 1. The molecule has 0 aromatic carbocycles. The topological polar surface area (TPSA) is 112 Å². The first-order chi connectivity index (χ1) is 5.87. The van der Waals surface area contributed by atoms with Crippen LogP contribution in [0.25, 0.3) is 0 Å². The molecule has 0 aromatic rings. The molecule has 13 heavy (non-hydrogen) atoms. The van der Waals surface area contributed by atoms with Crippen LogP contribution in [0.2, 0.25) is 0 Å². The van der Waals surface area contributed by atoms with Crippen molar-refractivity contribution in [1.29, 1.82) is 0 Å². The highest BCUT2D eigenvalue weighted by Crippen LogP contribution is 2.19. The molecule has 0 radical (unpaired) electrons. The van der Waals surface area contributed by atoms with Crippen molar-refractivity contribution in [2.45, 2.75) is 12.0 Å². The summed E-state index contributed by atoms with van der Waals surface area (Å²) in [6, 6.07) is 0. The van der Waals surface area contributed by atoms with Gasteiger partial charge >= 0.3 is 0 Å². The number of sulfonamides is 1. The van der Waals surface area contributed by atoms with Crippen LogP contribution in [0.1, 0.15) is 6.42 Å². The van der Waals surface area contributed by atoms with Crippen LogP contribution in [-0.4, -0.2) is 20.5 Å². The van der Waals surface area contributed by atoms with Crippen molar-refractivity contribution in [3.8, 4) is 0 Å². The van der Waals surface area contributed by atoms with Crippen molar-refractivity contribution in [2.24, 2.45) is 16.6 Å². The van der Waals surface area contributed by atoms with E-state index in [1.165, 1.54) is 12.2 Å². The average Bonchev–Trinajstić information content (AvgIpc) is 2.04. The van der Waals surface area contributed by atoms with E-state index in [1.807, 2.05) is 0 Å². The molecule has 1 aliphatic rings. The van der Waals surface area contributed by atoms with Crippen LogP contribution in [-0.2, 0) is 10.0 Å². The zero-order valence-electron chi connectivity index (χ0n) is 7.10. The van der Waals surface area contributed by atoms with Gasteiger partial charge in [0.25, 0.3) is 0 Å². The van der Waals surface area contributed by atoms with E-state index in [4.69, 9.17) is 16.6 Å². The summed E-state index contributed by atoms with van der Waals surface area (Å²) in [5, 5.41) is 4.92. The second kappa shape index (κ2) is 3.22. The number of hydrogen-bond acceptors (Lipinski definition) is 4. The Labute approximate surface area is 77.3 Å². The van der Waals surface area contributed by atoms with E-state index in [1.54, 1.807) is 6.08 Å². The predicted molar refractivity (Wildman–Crippen MR) is 50.9 cm³/mol. The Hall–Kier alpha value is -0.690. The Balaban J connectivity index is 2.89. The van der Waals surface area contributed by atoms with Crippen molar-refractivity contribution >= 4 is 10.0 Å². The largest absolute Gasteiger partial charge is 0.328 e. The minimum Gasteiger partial charge on any atom is -0.328 e. The number of rotatable bonds is 2. The molecule has 6 N–H and O–H groups in total. The molecule has 0 aliphatic heterocycles. The SMILES string of the molecule is NCC1(N)C=CC(S(N)(=O)=O)=CC1. The highest BCUT2D eigenvalue weighted by molar-refractivity contribution is 7.93. The van der Waals surface area contributed by atoms with E-state index in [-0.39, 0.29) is 11.4 Å². The van der Waals surface area contributed by atoms with Gasteiger partial charge in [0.15, 0.2) is 0 Å². The lowest BCUT2D eigenvalue weighted by Gasteiger charge is -2.25. The van der Waals surface area contributed by atoms with Crippen LogP contribution < -0.4 is 16.6 Å². The number of hydrogen-bond donors (Lipinski definition) is 3. The Morgan fingerprint density at radius 1 is 1.54 bits per heavy atom. The maximum Gasteiger partial charge on any atom is 0.237 e. The van der Waals surface area contributed by atoms with E-state index >= 15 is 0 Å². The molecule has 1 atom stereocenters. The van der Waals surface area contributed by atoms with E-state index in [0.29, 0.717) is 6.42 Å². The molecule has 0 saturated heterocycles. The van der Waals surface area contributed by atoms with Gasteiger partial charge in [-0.1, -0.05) is 12.2 Å². The van der Waals surface area contributed by atoms with Gasteiger partial charge in [-0.3, -0.25) is 0 Å². The third-order valence-corrected chi connectivity index (χ3v) is 2.93. The molecule has 0 saturated carbocycles. The summed E-state index contributed by atoms with van der Waals surface area (Å²) in [6.45, 7) is 0.276. The van der Waals surface area contributed by atoms with Crippen LogP contribution in [0, 0.1) is 0 Å². The first-order valence-electron chi connectivity index (χ1n) is 3.78. The van der Waals surface area contributed by atoms with Crippen molar-refractivity contribution < 1.29 is 8.42 Å². The first kappa shape index (κ1) is 10.4. The molecule has 0 aromatic heterocycles. The minimum atomic E-state index is -3.61. The summed E-state index contributed by atoms with van der Waals surface area (Å²) in [4.78, 5) is 0.0991. The molecule has 0 amide bonds. The normalized spacial score (nSPS) is 28.7. The van der Waals surface area contributed by atoms with Gasteiger partial charge in [0.2, 0.25) is 10.0 Å². The van der Waals surface area contributed by atoms with Crippen molar-refractivity contribution in [2.75, 3.05) is 6.54 Å². The predicted octanol–water partition coefficient (Wildman–Crippen LogP) is -1.23. The van der Waals surface area contributed by atoms with Crippen LogP contribution in [0.5, 0.6) is 0 Å². The zero-order valence-corrected chi connectivity index (χ0v) is 7.92. The van der Waals surface area contributed by atoms with E-state index < -0.39 is 15.6 Å². The lowest BCUT2D eigenvalue weighted by molar-refractivity contribution is 0.541. The Morgan fingerprint density at radius 3 is 2.46 bits per heavy atom. The van der Waals surface area contributed by atoms with Crippen LogP contribution in [0.3, 0.4) is 0 Å². The molecule has 0 heterocycles. The fourth-order valence-corrected chi connectivity index (χ4v) is 1.61. The molecular formula is C7H13N3O2S. The number of primary sulfonamides is 1. The monoisotopic (exact) mass is 203 g/mol. The summed E-state index contributed by atoms with van der Waals surface area (Å²) in [7, 11) is -3.61. The minimum absolute atomic E-state index is 0.0991. The summed E-state index contributed by atoms with van der Waals surface area (Å²) < 4.78 is 21.7. The maximum absolute atomic E-state index is 10.9. The molecule has 1 aliphatic carbocycles. The molecule has 5 nitrogen and oxygen atoms in total. The number of nitrogens with two attached hydrogens (primary N) is 3. The van der Waals surface area contributed by atoms with E-state index in [2.05, 4.69) is 0 Å². The first-order valence-corrected chi connectivity index (χ1v) is 5.33. The van der Waals surface area contributed by atoms with Crippen LogP contribution in [0.4, 0.5) is 0 Å². The van der Waals surface area contributed by atoms with E-state index in [9.17, 15) is 8.42 Å². The molecular weight excluding hydrogens is 190 g/mol. The molecule has 1 unspecified atom stereocenters. The van der Waals surface area contributed by atoms with Gasteiger partial charge in [-0.25, -0.2) is 13.6 Å². The van der Waals surface area contributed by atoms with Crippen molar-refractivity contribution in [3.63, 3.8) is 0 Å². The molecule has 1 rings (SSSR count). The van der Waals surface area contributed by atoms with Crippen LogP contribution >= 0.6 is 0 Å².